The third-order valence-corrected chi connectivity index (χ3v) is 9.72. The summed E-state index contributed by atoms with van der Waals surface area (Å²) in [4.78, 5) is 2.42. The average molecular weight is 570 g/mol. The van der Waals surface area contributed by atoms with Crippen molar-refractivity contribution >= 4 is 28.7 Å². The number of halogens is 1. The van der Waals surface area contributed by atoms with Gasteiger partial charge >= 0.3 is 0 Å². The molecule has 0 radical (unpaired) electrons. The van der Waals surface area contributed by atoms with E-state index in [-0.39, 0.29) is 10.8 Å². The minimum atomic E-state index is -0.105. The van der Waals surface area contributed by atoms with Crippen LogP contribution in [-0.2, 0) is 20.3 Å². The highest BCUT2D eigenvalue weighted by Gasteiger charge is 2.44. The molecule has 214 valence electrons. The lowest BCUT2D eigenvalue weighted by Crippen LogP contribution is -2.29. The predicted octanol–water partition coefficient (Wildman–Crippen LogP) is 7.95. The van der Waals surface area contributed by atoms with Crippen LogP contribution in [0, 0.1) is 0 Å². The standard InChI is InChI=1S/C36H42ClN2O2/c1-35(2)28-12-5-7-14-30(28)38-20-22-40-24-25-41-23-21-39-31-15-8-6-13-29(31)36(3,4)33(39)19-17-27-11-9-10-26(34(27)37)16-18-32(35)38/h5-8,12-19H,9-11,20-25H2,1-4H3/q+1. The summed E-state index contributed by atoms with van der Waals surface area (Å²) in [6.45, 7) is 13.3. The minimum absolute atomic E-state index is 0.105. The average Bonchev–Trinajstić information content (AvgIpc) is 3.31. The molecule has 5 heteroatoms. The quantitative estimate of drug-likeness (QED) is 0.301. The van der Waals surface area contributed by atoms with Crippen molar-refractivity contribution < 1.29 is 14.0 Å². The van der Waals surface area contributed by atoms with Gasteiger partial charge in [0.1, 0.15) is 6.61 Å². The van der Waals surface area contributed by atoms with E-state index in [0.717, 1.165) is 37.4 Å². The number of anilines is 1. The second kappa shape index (κ2) is 11.4. The molecule has 6 rings (SSSR count). The normalized spacial score (nSPS) is 25.8. The van der Waals surface area contributed by atoms with E-state index in [4.69, 9.17) is 21.1 Å². The predicted molar refractivity (Wildman–Crippen MR) is 170 cm³/mol. The molecule has 0 atom stereocenters. The van der Waals surface area contributed by atoms with Gasteiger partial charge in [-0.05, 0) is 62.0 Å². The first kappa shape index (κ1) is 28.2. The van der Waals surface area contributed by atoms with Crippen LogP contribution < -0.4 is 4.90 Å². The Labute approximate surface area is 250 Å². The Bertz CT molecular complexity index is 1490. The zero-order chi connectivity index (χ0) is 28.6. The van der Waals surface area contributed by atoms with Crippen molar-refractivity contribution in [2.24, 2.45) is 0 Å². The monoisotopic (exact) mass is 569 g/mol. The van der Waals surface area contributed by atoms with E-state index in [0.29, 0.717) is 26.4 Å². The summed E-state index contributed by atoms with van der Waals surface area (Å²) < 4.78 is 14.6. The Morgan fingerprint density at radius 1 is 0.780 bits per heavy atom. The number of nitrogens with zero attached hydrogens (tertiary/aromatic N) is 2. The summed E-state index contributed by atoms with van der Waals surface area (Å²) in [6, 6.07) is 17.5. The van der Waals surface area contributed by atoms with E-state index >= 15 is 0 Å². The van der Waals surface area contributed by atoms with E-state index in [1.54, 1.807) is 0 Å². The summed E-state index contributed by atoms with van der Waals surface area (Å²) in [5.41, 5.74) is 10.0. The van der Waals surface area contributed by atoms with Gasteiger partial charge in [0, 0.05) is 46.1 Å². The summed E-state index contributed by atoms with van der Waals surface area (Å²) >= 11 is 7.14. The van der Waals surface area contributed by atoms with Crippen molar-refractivity contribution in [2.45, 2.75) is 57.8 Å². The molecule has 0 spiro atoms. The van der Waals surface area contributed by atoms with E-state index < -0.39 is 0 Å². The van der Waals surface area contributed by atoms with Gasteiger partial charge in [0.15, 0.2) is 12.3 Å². The Kier molecular flexibility index (Phi) is 7.84. The fourth-order valence-corrected chi connectivity index (χ4v) is 7.28. The Morgan fingerprint density at radius 2 is 1.51 bits per heavy atom. The van der Waals surface area contributed by atoms with Crippen LogP contribution in [-0.4, -0.2) is 49.8 Å². The fraction of sp³-hybridized carbons (Fsp3) is 0.417. The molecule has 0 amide bonds. The van der Waals surface area contributed by atoms with Crippen LogP contribution in [0.15, 0.2) is 94.7 Å². The first-order valence-corrected chi connectivity index (χ1v) is 15.4. The zero-order valence-electron chi connectivity index (χ0n) is 24.9. The molecular formula is C36H42ClN2O2+. The van der Waals surface area contributed by atoms with Crippen molar-refractivity contribution in [3.8, 4) is 0 Å². The van der Waals surface area contributed by atoms with E-state index in [1.165, 1.54) is 45.1 Å². The van der Waals surface area contributed by atoms with Gasteiger partial charge in [-0.25, -0.2) is 0 Å². The van der Waals surface area contributed by atoms with Crippen LogP contribution in [0.4, 0.5) is 11.4 Å². The highest BCUT2D eigenvalue weighted by molar-refractivity contribution is 6.32. The number of rotatable bonds is 0. The lowest BCUT2D eigenvalue weighted by atomic mass is 9.81. The van der Waals surface area contributed by atoms with Crippen LogP contribution in [0.2, 0.25) is 0 Å². The Hall–Kier alpha value is -2.92. The molecule has 41 heavy (non-hydrogen) atoms. The van der Waals surface area contributed by atoms with E-state index in [9.17, 15) is 0 Å². The maximum atomic E-state index is 7.14. The first-order valence-electron chi connectivity index (χ1n) is 15.1. The maximum Gasteiger partial charge on any atom is 0.209 e. The number of ether oxygens (including phenoxy) is 2. The van der Waals surface area contributed by atoms with Gasteiger partial charge in [0.25, 0.3) is 0 Å². The molecule has 0 fully saturated rings. The topological polar surface area (TPSA) is 24.7 Å². The van der Waals surface area contributed by atoms with Crippen LogP contribution >= 0.6 is 11.6 Å². The summed E-state index contributed by atoms with van der Waals surface area (Å²) in [7, 11) is 0. The second-order valence-corrected chi connectivity index (χ2v) is 12.8. The van der Waals surface area contributed by atoms with Crippen LogP contribution in [0.3, 0.4) is 0 Å². The number of benzene rings is 2. The Morgan fingerprint density at radius 3 is 2.34 bits per heavy atom. The number of allylic oxidation sites excluding steroid dienone is 8. The third-order valence-electron chi connectivity index (χ3n) is 9.23. The van der Waals surface area contributed by atoms with Gasteiger partial charge in [-0.3, -0.25) is 0 Å². The number of hydrogen-bond donors (Lipinski definition) is 0. The molecule has 0 unspecified atom stereocenters. The van der Waals surface area contributed by atoms with Gasteiger partial charge < -0.3 is 14.4 Å². The number of para-hydroxylation sites is 2. The van der Waals surface area contributed by atoms with Gasteiger partial charge in [-0.1, -0.05) is 74.0 Å². The largest absolute Gasteiger partial charge is 0.377 e. The molecule has 0 saturated heterocycles. The lowest BCUT2D eigenvalue weighted by molar-refractivity contribution is -0.442. The fourth-order valence-electron chi connectivity index (χ4n) is 6.96. The van der Waals surface area contributed by atoms with Gasteiger partial charge in [-0.2, -0.15) is 4.58 Å². The smallest absolute Gasteiger partial charge is 0.209 e. The molecule has 1 aliphatic carbocycles. The van der Waals surface area contributed by atoms with Gasteiger partial charge in [-0.15, -0.1) is 0 Å². The van der Waals surface area contributed by atoms with Crippen molar-refractivity contribution in [2.75, 3.05) is 44.4 Å². The molecule has 4 aliphatic rings. The lowest BCUT2D eigenvalue weighted by Gasteiger charge is -2.27. The maximum absolute atomic E-state index is 7.14. The van der Waals surface area contributed by atoms with Gasteiger partial charge in [0.2, 0.25) is 5.69 Å². The number of fused-ring (bicyclic) bond motifs is 6. The van der Waals surface area contributed by atoms with Crippen molar-refractivity contribution in [3.05, 3.63) is 106 Å². The molecule has 2 bridgehead atoms. The highest BCUT2D eigenvalue weighted by atomic mass is 35.5. The van der Waals surface area contributed by atoms with Crippen LogP contribution in [0.25, 0.3) is 0 Å². The van der Waals surface area contributed by atoms with Crippen LogP contribution in [0.1, 0.15) is 58.1 Å². The molecule has 0 aromatic heterocycles. The second-order valence-electron chi connectivity index (χ2n) is 12.5. The molecule has 4 nitrogen and oxygen atoms in total. The molecule has 3 aliphatic heterocycles. The van der Waals surface area contributed by atoms with Crippen molar-refractivity contribution in [1.82, 2.24) is 0 Å². The Balaban J connectivity index is 1.41. The first-order chi connectivity index (χ1) is 19.8. The van der Waals surface area contributed by atoms with Gasteiger partial charge in [0.05, 0.1) is 25.2 Å². The molecule has 0 saturated carbocycles. The molecular weight excluding hydrogens is 528 g/mol. The number of hydrogen-bond acceptors (Lipinski definition) is 3. The zero-order valence-corrected chi connectivity index (χ0v) is 25.6. The molecule has 3 heterocycles. The van der Waals surface area contributed by atoms with Crippen molar-refractivity contribution in [1.29, 1.82) is 0 Å². The molecule has 2 aromatic rings. The highest BCUT2D eigenvalue weighted by Crippen LogP contribution is 2.48. The summed E-state index contributed by atoms with van der Waals surface area (Å²) in [6.07, 6.45) is 12.2. The van der Waals surface area contributed by atoms with E-state index in [2.05, 4.69) is 110 Å². The third kappa shape index (κ3) is 5.16. The SMILES string of the molecule is CC1(C)C2=[N+](CCOCCOCCN3/C(=C/C=C4\CCCC(=C4Cl)/C=C/2)C(C)(C)c2ccccc23)c2ccccc21. The minimum Gasteiger partial charge on any atom is -0.377 e. The summed E-state index contributed by atoms with van der Waals surface area (Å²) in [5, 5.41) is 0.897. The van der Waals surface area contributed by atoms with Crippen LogP contribution in [0.5, 0.6) is 0 Å². The van der Waals surface area contributed by atoms with E-state index in [1.807, 2.05) is 0 Å². The summed E-state index contributed by atoms with van der Waals surface area (Å²) in [5.74, 6) is 0. The molecule has 0 N–H and O–H groups in total. The molecule has 2 aromatic carbocycles. The van der Waals surface area contributed by atoms with Crippen molar-refractivity contribution in [3.63, 3.8) is 0 Å².